The quantitative estimate of drug-likeness (QED) is 0.762. The molecule has 0 bridgehead atoms. The van der Waals surface area contributed by atoms with E-state index in [1.165, 1.54) is 12.1 Å². The van der Waals surface area contributed by atoms with E-state index in [1.807, 2.05) is 0 Å². The molecule has 2 rings (SSSR count). The molecule has 0 saturated carbocycles. The summed E-state index contributed by atoms with van der Waals surface area (Å²) in [6, 6.07) is 5.86. The molecule has 3 N–H and O–H groups in total. The van der Waals surface area contributed by atoms with Gasteiger partial charge in [0, 0.05) is 11.7 Å². The van der Waals surface area contributed by atoms with E-state index < -0.39 is 10.0 Å². The molecule has 2 unspecified atom stereocenters. The summed E-state index contributed by atoms with van der Waals surface area (Å²) in [6.45, 7) is 6.52. The zero-order chi connectivity index (χ0) is 17.0. The van der Waals surface area contributed by atoms with Crippen LogP contribution in [0.2, 0.25) is 0 Å². The molecule has 0 aliphatic carbocycles. The number of carbonyl (C=O) groups excluding carboxylic acids is 1. The standard InChI is InChI=1S/C16H25N3O3S/c1-11(2)19-23(21,22)14-6-4-13(5-7-14)18-16(20)15-10-12(3)8-9-17-15/h4-7,11-12,15,17,19H,8-10H2,1-3H3,(H,18,20). The molecule has 1 fully saturated rings. The van der Waals surface area contributed by atoms with E-state index in [1.54, 1.807) is 26.0 Å². The molecule has 1 heterocycles. The molecule has 0 aromatic heterocycles. The second-order valence-electron chi connectivity index (χ2n) is 6.43. The molecule has 1 saturated heterocycles. The normalized spacial score (nSPS) is 22.1. The van der Waals surface area contributed by atoms with E-state index in [-0.39, 0.29) is 22.9 Å². The molecule has 23 heavy (non-hydrogen) atoms. The first-order valence-electron chi connectivity index (χ1n) is 7.94. The molecule has 1 aliphatic rings. The number of sulfonamides is 1. The number of piperidine rings is 1. The summed E-state index contributed by atoms with van der Waals surface area (Å²) in [5, 5.41) is 6.04. The Morgan fingerprint density at radius 3 is 2.48 bits per heavy atom. The topological polar surface area (TPSA) is 87.3 Å². The number of nitrogens with one attached hydrogen (secondary N) is 3. The van der Waals surface area contributed by atoms with Crippen LogP contribution in [0.5, 0.6) is 0 Å². The van der Waals surface area contributed by atoms with Crippen molar-refractivity contribution >= 4 is 21.6 Å². The zero-order valence-corrected chi connectivity index (χ0v) is 14.6. The van der Waals surface area contributed by atoms with Crippen LogP contribution < -0.4 is 15.4 Å². The van der Waals surface area contributed by atoms with Gasteiger partial charge in [0.25, 0.3) is 0 Å². The number of benzene rings is 1. The molecule has 1 aromatic rings. The van der Waals surface area contributed by atoms with Gasteiger partial charge in [-0.05, 0) is 63.4 Å². The van der Waals surface area contributed by atoms with Crippen LogP contribution in [0.1, 0.15) is 33.6 Å². The lowest BCUT2D eigenvalue weighted by Crippen LogP contribution is -2.45. The first-order chi connectivity index (χ1) is 10.8. The van der Waals surface area contributed by atoms with Crippen molar-refractivity contribution in [3.63, 3.8) is 0 Å². The smallest absolute Gasteiger partial charge is 0.241 e. The zero-order valence-electron chi connectivity index (χ0n) is 13.8. The van der Waals surface area contributed by atoms with Crippen LogP contribution in [0.25, 0.3) is 0 Å². The van der Waals surface area contributed by atoms with Crippen LogP contribution in [0.3, 0.4) is 0 Å². The lowest BCUT2D eigenvalue weighted by atomic mass is 9.94. The van der Waals surface area contributed by atoms with Crippen molar-refractivity contribution in [1.82, 2.24) is 10.0 Å². The Morgan fingerprint density at radius 1 is 1.26 bits per heavy atom. The van der Waals surface area contributed by atoms with Gasteiger partial charge in [-0.1, -0.05) is 6.92 Å². The van der Waals surface area contributed by atoms with Gasteiger partial charge in [0.05, 0.1) is 10.9 Å². The van der Waals surface area contributed by atoms with Crippen molar-refractivity contribution in [3.05, 3.63) is 24.3 Å². The summed E-state index contributed by atoms with van der Waals surface area (Å²) >= 11 is 0. The fourth-order valence-corrected chi connectivity index (χ4v) is 3.88. The molecule has 1 aliphatic heterocycles. The van der Waals surface area contributed by atoms with Crippen LogP contribution in [0.15, 0.2) is 29.2 Å². The van der Waals surface area contributed by atoms with Gasteiger partial charge in [-0.3, -0.25) is 4.79 Å². The maximum absolute atomic E-state index is 12.2. The minimum atomic E-state index is -3.51. The van der Waals surface area contributed by atoms with Crippen LogP contribution in [-0.2, 0) is 14.8 Å². The highest BCUT2D eigenvalue weighted by molar-refractivity contribution is 7.89. The fourth-order valence-electron chi connectivity index (χ4n) is 2.63. The van der Waals surface area contributed by atoms with E-state index in [0.29, 0.717) is 11.6 Å². The Hall–Kier alpha value is -1.44. The van der Waals surface area contributed by atoms with Crippen LogP contribution in [0.4, 0.5) is 5.69 Å². The maximum atomic E-state index is 12.2. The van der Waals surface area contributed by atoms with Gasteiger partial charge < -0.3 is 10.6 Å². The van der Waals surface area contributed by atoms with Gasteiger partial charge in [0.2, 0.25) is 15.9 Å². The van der Waals surface area contributed by atoms with E-state index >= 15 is 0 Å². The molecule has 128 valence electrons. The third-order valence-corrected chi connectivity index (χ3v) is 5.48. The van der Waals surface area contributed by atoms with Gasteiger partial charge >= 0.3 is 0 Å². The van der Waals surface area contributed by atoms with Crippen molar-refractivity contribution in [2.24, 2.45) is 5.92 Å². The van der Waals surface area contributed by atoms with E-state index in [0.717, 1.165) is 19.4 Å². The first-order valence-corrected chi connectivity index (χ1v) is 9.43. The Kier molecular flexibility index (Phi) is 5.78. The number of hydrogen-bond acceptors (Lipinski definition) is 4. The molecule has 1 amide bonds. The van der Waals surface area contributed by atoms with Crippen molar-refractivity contribution in [3.8, 4) is 0 Å². The Balaban J connectivity index is 2.01. The second kappa shape index (κ2) is 7.42. The van der Waals surface area contributed by atoms with Gasteiger partial charge in [-0.2, -0.15) is 0 Å². The van der Waals surface area contributed by atoms with Gasteiger partial charge in [0.1, 0.15) is 0 Å². The van der Waals surface area contributed by atoms with Gasteiger partial charge in [-0.15, -0.1) is 0 Å². The molecule has 1 aromatic carbocycles. The predicted molar refractivity (Wildman–Crippen MR) is 90.7 cm³/mol. The van der Waals surface area contributed by atoms with E-state index in [4.69, 9.17) is 0 Å². The van der Waals surface area contributed by atoms with Crippen molar-refractivity contribution in [2.75, 3.05) is 11.9 Å². The van der Waals surface area contributed by atoms with Crippen molar-refractivity contribution in [2.45, 2.75) is 50.6 Å². The molecular formula is C16H25N3O3S. The minimum absolute atomic E-state index is 0.0764. The highest BCUT2D eigenvalue weighted by Gasteiger charge is 2.24. The second-order valence-corrected chi connectivity index (χ2v) is 8.14. The van der Waals surface area contributed by atoms with Crippen molar-refractivity contribution < 1.29 is 13.2 Å². The van der Waals surface area contributed by atoms with Gasteiger partial charge in [0.15, 0.2) is 0 Å². The van der Waals surface area contributed by atoms with E-state index in [9.17, 15) is 13.2 Å². The summed E-state index contributed by atoms with van der Waals surface area (Å²) in [5.74, 6) is 0.453. The monoisotopic (exact) mass is 339 g/mol. The number of carbonyl (C=O) groups is 1. The van der Waals surface area contributed by atoms with E-state index in [2.05, 4.69) is 22.3 Å². The first kappa shape index (κ1) is 17.9. The highest BCUT2D eigenvalue weighted by atomic mass is 32.2. The van der Waals surface area contributed by atoms with Crippen molar-refractivity contribution in [1.29, 1.82) is 0 Å². The predicted octanol–water partition coefficient (Wildman–Crippen LogP) is 1.70. The molecular weight excluding hydrogens is 314 g/mol. The SMILES string of the molecule is CC1CCNC(C(=O)Nc2ccc(S(=O)(=O)NC(C)C)cc2)C1. The molecule has 0 spiro atoms. The molecule has 6 nitrogen and oxygen atoms in total. The molecule has 0 radical (unpaired) electrons. The minimum Gasteiger partial charge on any atom is -0.325 e. The average molecular weight is 339 g/mol. The molecule has 2 atom stereocenters. The number of hydrogen-bond donors (Lipinski definition) is 3. The lowest BCUT2D eigenvalue weighted by molar-refractivity contribution is -0.119. The van der Waals surface area contributed by atoms with Gasteiger partial charge in [-0.25, -0.2) is 13.1 Å². The third kappa shape index (κ3) is 5.02. The highest BCUT2D eigenvalue weighted by Crippen LogP contribution is 2.18. The molecule has 7 heteroatoms. The van der Waals surface area contributed by atoms with Crippen LogP contribution in [-0.4, -0.2) is 33.0 Å². The fraction of sp³-hybridized carbons (Fsp3) is 0.562. The van der Waals surface area contributed by atoms with Crippen LogP contribution in [0, 0.1) is 5.92 Å². The maximum Gasteiger partial charge on any atom is 0.241 e. The summed E-state index contributed by atoms with van der Waals surface area (Å²) in [4.78, 5) is 12.4. The summed E-state index contributed by atoms with van der Waals surface area (Å²) in [6.07, 6.45) is 1.90. The third-order valence-electron chi connectivity index (χ3n) is 3.81. The lowest BCUT2D eigenvalue weighted by Gasteiger charge is -2.27. The summed E-state index contributed by atoms with van der Waals surface area (Å²) in [5.41, 5.74) is 0.596. The Labute approximate surface area is 138 Å². The average Bonchev–Trinajstić information content (AvgIpc) is 2.46. The Morgan fingerprint density at radius 2 is 1.91 bits per heavy atom. The van der Waals surface area contributed by atoms with Crippen LogP contribution >= 0.6 is 0 Å². The Bertz CT molecular complexity index is 641. The summed E-state index contributed by atoms with van der Waals surface area (Å²) in [7, 11) is -3.51. The summed E-state index contributed by atoms with van der Waals surface area (Å²) < 4.78 is 26.6. The largest absolute Gasteiger partial charge is 0.325 e. The number of rotatable bonds is 5. The number of amides is 1. The number of anilines is 1.